The second-order valence-electron chi connectivity index (χ2n) is 8.57. The summed E-state index contributed by atoms with van der Waals surface area (Å²) in [5.41, 5.74) is 2.25. The van der Waals surface area contributed by atoms with Crippen molar-refractivity contribution < 1.29 is 22.3 Å². The van der Waals surface area contributed by atoms with E-state index in [1.54, 1.807) is 24.5 Å². The molecule has 0 amide bonds. The fourth-order valence-electron chi connectivity index (χ4n) is 4.54. The summed E-state index contributed by atoms with van der Waals surface area (Å²) in [6.07, 6.45) is -0.115. The van der Waals surface area contributed by atoms with Gasteiger partial charge in [-0.2, -0.15) is 18.3 Å². The number of alkyl halides is 4. The topological polar surface area (TPSA) is 79.0 Å². The lowest BCUT2D eigenvalue weighted by molar-refractivity contribution is -0.127. The molecule has 2 N–H and O–H groups in total. The van der Waals surface area contributed by atoms with Crippen molar-refractivity contribution >= 4 is 22.3 Å². The standard InChI is InChI=1S/C23H24F4N6O/c24-5-1-6-33-12-15(13-33)31-20-11-28-19(10-29-20)21-14(8-23(25,26)27)4-7-34-22-16(21)2-3-18-17(22)9-30-32-18/h2-3,9-11,15H,1,4-8,12-13H2,(H,29,31)(H,30,32). The molecule has 0 radical (unpaired) electrons. The Kier molecular flexibility index (Phi) is 6.11. The molecule has 1 fully saturated rings. The maximum Gasteiger partial charge on any atom is 0.392 e. The van der Waals surface area contributed by atoms with E-state index >= 15 is 0 Å². The quantitative estimate of drug-likeness (QED) is 0.494. The summed E-state index contributed by atoms with van der Waals surface area (Å²) in [6.45, 7) is 2.10. The summed E-state index contributed by atoms with van der Waals surface area (Å²) in [7, 11) is 0. The van der Waals surface area contributed by atoms with E-state index in [1.807, 2.05) is 0 Å². The fraction of sp³-hybridized carbons (Fsp3) is 0.435. The summed E-state index contributed by atoms with van der Waals surface area (Å²) >= 11 is 0. The molecule has 2 aromatic heterocycles. The van der Waals surface area contributed by atoms with Crippen LogP contribution in [0, 0.1) is 0 Å². The molecule has 7 nitrogen and oxygen atoms in total. The summed E-state index contributed by atoms with van der Waals surface area (Å²) in [6, 6.07) is 3.69. The van der Waals surface area contributed by atoms with Crippen molar-refractivity contribution in [2.45, 2.75) is 31.5 Å². The number of ether oxygens (including phenoxy) is 1. The number of aromatic amines is 1. The van der Waals surface area contributed by atoms with Gasteiger partial charge in [-0.15, -0.1) is 0 Å². The number of H-pyrrole nitrogens is 1. The normalized spacial score (nSPS) is 17.3. The van der Waals surface area contributed by atoms with E-state index < -0.39 is 12.6 Å². The zero-order valence-corrected chi connectivity index (χ0v) is 18.3. The van der Waals surface area contributed by atoms with Crippen LogP contribution in [0.15, 0.2) is 36.3 Å². The number of likely N-dealkylation sites (tertiary alicyclic amines) is 1. The first-order chi connectivity index (χ1) is 16.4. The first-order valence-electron chi connectivity index (χ1n) is 11.2. The number of anilines is 1. The van der Waals surface area contributed by atoms with Crippen LogP contribution in [-0.4, -0.2) is 70.2 Å². The number of halogens is 4. The van der Waals surface area contributed by atoms with E-state index in [9.17, 15) is 17.6 Å². The van der Waals surface area contributed by atoms with Gasteiger partial charge >= 0.3 is 6.18 Å². The lowest BCUT2D eigenvalue weighted by Gasteiger charge is -2.39. The average molecular weight is 476 g/mol. The first-order valence-corrected chi connectivity index (χ1v) is 11.2. The minimum Gasteiger partial charge on any atom is -0.492 e. The Bertz CT molecular complexity index is 1180. The average Bonchev–Trinajstić information content (AvgIpc) is 3.18. The van der Waals surface area contributed by atoms with Gasteiger partial charge in [0.05, 0.1) is 60.9 Å². The Morgan fingerprint density at radius 1 is 1.15 bits per heavy atom. The van der Waals surface area contributed by atoms with E-state index in [1.165, 1.54) is 6.20 Å². The van der Waals surface area contributed by atoms with Gasteiger partial charge in [-0.05, 0) is 24.1 Å². The van der Waals surface area contributed by atoms with Crippen molar-refractivity contribution in [3.05, 3.63) is 47.6 Å². The third kappa shape index (κ3) is 4.70. The lowest BCUT2D eigenvalue weighted by atomic mass is 9.92. The molecule has 11 heteroatoms. The van der Waals surface area contributed by atoms with Gasteiger partial charge in [0, 0.05) is 37.2 Å². The van der Waals surface area contributed by atoms with Crippen LogP contribution in [0.3, 0.4) is 0 Å². The molecule has 0 unspecified atom stereocenters. The molecule has 4 heterocycles. The van der Waals surface area contributed by atoms with Gasteiger partial charge < -0.3 is 10.1 Å². The van der Waals surface area contributed by atoms with E-state index in [2.05, 4.69) is 30.4 Å². The maximum absolute atomic E-state index is 13.4. The summed E-state index contributed by atoms with van der Waals surface area (Å²) in [5, 5.41) is 10.9. The lowest BCUT2D eigenvalue weighted by Crippen LogP contribution is -2.54. The van der Waals surface area contributed by atoms with Crippen molar-refractivity contribution in [2.75, 3.05) is 38.2 Å². The summed E-state index contributed by atoms with van der Waals surface area (Å²) in [4.78, 5) is 11.0. The molecule has 34 heavy (non-hydrogen) atoms. The fourth-order valence-corrected chi connectivity index (χ4v) is 4.54. The highest BCUT2D eigenvalue weighted by atomic mass is 19.4. The Hall–Kier alpha value is -3.21. The number of aromatic nitrogens is 4. The van der Waals surface area contributed by atoms with Crippen LogP contribution in [0.1, 0.15) is 30.5 Å². The monoisotopic (exact) mass is 476 g/mol. The largest absolute Gasteiger partial charge is 0.492 e. The molecular weight excluding hydrogens is 452 g/mol. The van der Waals surface area contributed by atoms with Crippen LogP contribution in [0.5, 0.6) is 5.75 Å². The molecule has 0 bridgehead atoms. The molecule has 2 aliphatic rings. The number of rotatable bonds is 7. The third-order valence-electron chi connectivity index (χ3n) is 6.09. The summed E-state index contributed by atoms with van der Waals surface area (Å²) in [5.74, 6) is 1.04. The third-order valence-corrected chi connectivity index (χ3v) is 6.09. The van der Waals surface area contributed by atoms with Gasteiger partial charge in [-0.3, -0.25) is 19.4 Å². The highest BCUT2D eigenvalue weighted by molar-refractivity contribution is 5.94. The molecule has 0 aliphatic carbocycles. The molecule has 2 aliphatic heterocycles. The predicted octanol–water partition coefficient (Wildman–Crippen LogP) is 4.35. The Morgan fingerprint density at radius 3 is 2.74 bits per heavy atom. The maximum atomic E-state index is 13.4. The van der Waals surface area contributed by atoms with Crippen LogP contribution < -0.4 is 10.1 Å². The molecule has 1 saturated heterocycles. The number of nitrogens with zero attached hydrogens (tertiary/aromatic N) is 4. The van der Waals surface area contributed by atoms with Crippen molar-refractivity contribution in [3.63, 3.8) is 0 Å². The molecule has 0 atom stereocenters. The number of benzene rings is 1. The van der Waals surface area contributed by atoms with E-state index in [0.717, 1.165) is 25.2 Å². The van der Waals surface area contributed by atoms with Gasteiger partial charge in [-0.25, -0.2) is 4.98 Å². The molecule has 0 saturated carbocycles. The number of hydrogen-bond acceptors (Lipinski definition) is 6. The molecule has 1 aromatic carbocycles. The van der Waals surface area contributed by atoms with Crippen LogP contribution >= 0.6 is 0 Å². The second kappa shape index (κ2) is 9.21. The van der Waals surface area contributed by atoms with Gasteiger partial charge in [0.2, 0.25) is 0 Å². The molecule has 5 rings (SSSR count). The molecule has 3 aromatic rings. The SMILES string of the molecule is FCCCN1CC(Nc2cnc(C3=C(CC(F)(F)F)CCOc4c3ccc3[nH]ncc43)cn2)C1. The minimum absolute atomic E-state index is 0.125. The number of hydrogen-bond donors (Lipinski definition) is 2. The Morgan fingerprint density at radius 2 is 2.00 bits per heavy atom. The Labute approximate surface area is 193 Å². The minimum atomic E-state index is -4.36. The molecule has 0 spiro atoms. The van der Waals surface area contributed by atoms with E-state index in [-0.39, 0.29) is 31.3 Å². The molecule has 180 valence electrons. The van der Waals surface area contributed by atoms with Crippen molar-refractivity contribution in [2.24, 2.45) is 0 Å². The number of nitrogens with one attached hydrogen (secondary N) is 2. The van der Waals surface area contributed by atoms with E-state index in [4.69, 9.17) is 4.74 Å². The van der Waals surface area contributed by atoms with Crippen molar-refractivity contribution in [1.82, 2.24) is 25.1 Å². The van der Waals surface area contributed by atoms with E-state index in [0.29, 0.717) is 40.2 Å². The van der Waals surface area contributed by atoms with Crippen molar-refractivity contribution in [1.29, 1.82) is 0 Å². The number of fused-ring (bicyclic) bond motifs is 3. The summed E-state index contributed by atoms with van der Waals surface area (Å²) < 4.78 is 58.5. The first kappa shape index (κ1) is 22.6. The van der Waals surface area contributed by atoms with Gasteiger partial charge in [0.25, 0.3) is 0 Å². The highest BCUT2D eigenvalue weighted by Gasteiger charge is 2.33. The zero-order valence-electron chi connectivity index (χ0n) is 18.3. The van der Waals surface area contributed by atoms with Crippen molar-refractivity contribution in [3.8, 4) is 5.75 Å². The van der Waals surface area contributed by atoms with Gasteiger partial charge in [-0.1, -0.05) is 0 Å². The van der Waals surface area contributed by atoms with Gasteiger partial charge in [0.15, 0.2) is 0 Å². The highest BCUT2D eigenvalue weighted by Crippen LogP contribution is 2.42. The molecular formula is C23H24F4N6O. The second-order valence-corrected chi connectivity index (χ2v) is 8.57. The smallest absolute Gasteiger partial charge is 0.392 e. The Balaban J connectivity index is 1.44. The van der Waals surface area contributed by atoms with Crippen LogP contribution in [0.2, 0.25) is 0 Å². The predicted molar refractivity (Wildman–Crippen MR) is 119 cm³/mol. The zero-order chi connectivity index (χ0) is 23.7. The van der Waals surface area contributed by atoms with Crippen LogP contribution in [0.4, 0.5) is 23.4 Å². The van der Waals surface area contributed by atoms with Gasteiger partial charge in [0.1, 0.15) is 11.6 Å². The van der Waals surface area contributed by atoms with Crippen LogP contribution in [0.25, 0.3) is 16.5 Å². The van der Waals surface area contributed by atoms with Crippen LogP contribution in [-0.2, 0) is 0 Å².